The van der Waals surface area contributed by atoms with E-state index in [-0.39, 0.29) is 11.7 Å². The monoisotopic (exact) mass is 407 g/mol. The topological polar surface area (TPSA) is 53.7 Å². The molecule has 1 aliphatic rings. The van der Waals surface area contributed by atoms with Gasteiger partial charge in [0.25, 0.3) is 5.91 Å². The van der Waals surface area contributed by atoms with Crippen LogP contribution < -0.4 is 4.90 Å². The molecule has 0 N–H and O–H groups in total. The third-order valence-corrected chi connectivity index (χ3v) is 6.06. The van der Waals surface area contributed by atoms with Crippen molar-refractivity contribution >= 4 is 28.6 Å². The van der Waals surface area contributed by atoms with E-state index in [9.17, 15) is 9.18 Å². The molecule has 5 rings (SSSR count). The number of thiophene rings is 1. The Balaban J connectivity index is 1.37. The highest BCUT2D eigenvalue weighted by molar-refractivity contribution is 7.13. The van der Waals surface area contributed by atoms with Crippen LogP contribution in [0.15, 0.2) is 60.2 Å². The summed E-state index contributed by atoms with van der Waals surface area (Å²) in [7, 11) is 0. The zero-order valence-corrected chi connectivity index (χ0v) is 16.3. The van der Waals surface area contributed by atoms with Gasteiger partial charge < -0.3 is 9.80 Å². The number of benzene rings is 1. The third kappa shape index (κ3) is 3.15. The van der Waals surface area contributed by atoms with Crippen molar-refractivity contribution in [2.45, 2.75) is 0 Å². The smallest absolute Gasteiger partial charge is 0.259 e. The summed E-state index contributed by atoms with van der Waals surface area (Å²) in [5.41, 5.74) is 2.53. The summed E-state index contributed by atoms with van der Waals surface area (Å²) < 4.78 is 15.8. The highest BCUT2D eigenvalue weighted by Gasteiger charge is 2.26. The Labute approximate surface area is 170 Å². The van der Waals surface area contributed by atoms with Crippen molar-refractivity contribution in [2.75, 3.05) is 31.1 Å². The Morgan fingerprint density at radius 2 is 1.86 bits per heavy atom. The molecule has 1 saturated heterocycles. The number of carbonyl (C=O) groups excluding carboxylic acids is 1. The maximum atomic E-state index is 14.0. The van der Waals surface area contributed by atoms with Crippen LogP contribution in [-0.4, -0.2) is 51.6 Å². The number of fused-ring (bicyclic) bond motifs is 1. The second kappa shape index (κ2) is 7.29. The van der Waals surface area contributed by atoms with E-state index < -0.39 is 0 Å². The lowest BCUT2D eigenvalue weighted by Crippen LogP contribution is -2.49. The van der Waals surface area contributed by atoms with Crippen molar-refractivity contribution in [2.24, 2.45) is 0 Å². The van der Waals surface area contributed by atoms with Gasteiger partial charge in [-0.2, -0.15) is 5.10 Å². The van der Waals surface area contributed by atoms with Gasteiger partial charge in [0.05, 0.1) is 22.5 Å². The minimum Gasteiger partial charge on any atom is -0.366 e. The Bertz CT molecular complexity index is 1170. The van der Waals surface area contributed by atoms with Crippen LogP contribution in [0, 0.1) is 5.82 Å². The fraction of sp³-hybridized carbons (Fsp3) is 0.190. The fourth-order valence-corrected chi connectivity index (χ4v) is 4.42. The Morgan fingerprint density at radius 1 is 1.03 bits per heavy atom. The maximum Gasteiger partial charge on any atom is 0.259 e. The van der Waals surface area contributed by atoms with Crippen molar-refractivity contribution in [3.8, 4) is 10.6 Å². The number of para-hydroxylation sites is 1. The molecule has 1 aromatic carbocycles. The van der Waals surface area contributed by atoms with Gasteiger partial charge in [-0.15, -0.1) is 11.3 Å². The van der Waals surface area contributed by atoms with Gasteiger partial charge in [0.15, 0.2) is 5.65 Å². The van der Waals surface area contributed by atoms with Gasteiger partial charge in [0.2, 0.25) is 0 Å². The quantitative estimate of drug-likeness (QED) is 0.521. The summed E-state index contributed by atoms with van der Waals surface area (Å²) in [4.78, 5) is 22.4. The summed E-state index contributed by atoms with van der Waals surface area (Å²) in [6, 6.07) is 12.6. The molecule has 8 heteroatoms. The van der Waals surface area contributed by atoms with Gasteiger partial charge in [0.1, 0.15) is 11.4 Å². The predicted molar refractivity (Wildman–Crippen MR) is 111 cm³/mol. The molecule has 0 unspecified atom stereocenters. The van der Waals surface area contributed by atoms with Crippen LogP contribution in [0.2, 0.25) is 0 Å². The summed E-state index contributed by atoms with van der Waals surface area (Å²) in [5, 5.41) is 6.42. The zero-order valence-electron chi connectivity index (χ0n) is 15.5. The van der Waals surface area contributed by atoms with Crippen molar-refractivity contribution in [3.63, 3.8) is 0 Å². The largest absolute Gasteiger partial charge is 0.366 e. The van der Waals surface area contributed by atoms with E-state index in [0.29, 0.717) is 43.1 Å². The number of amides is 1. The van der Waals surface area contributed by atoms with E-state index in [1.54, 1.807) is 45.3 Å². The van der Waals surface area contributed by atoms with Gasteiger partial charge in [0, 0.05) is 32.4 Å². The molecule has 4 heterocycles. The molecule has 29 heavy (non-hydrogen) atoms. The molecule has 0 bridgehead atoms. The standard InChI is InChI=1S/C21H18FN5OS/c22-16-4-1-2-5-17(16)25-9-11-26(12-10-25)21(28)15-14-24-27-18(7-8-23-20(15)27)19-6-3-13-29-19/h1-8,13-14H,9-12H2. The lowest BCUT2D eigenvalue weighted by Gasteiger charge is -2.36. The lowest BCUT2D eigenvalue weighted by molar-refractivity contribution is 0.0748. The molecule has 0 atom stereocenters. The Kier molecular flexibility index (Phi) is 4.48. The van der Waals surface area contributed by atoms with Crippen molar-refractivity contribution < 1.29 is 9.18 Å². The van der Waals surface area contributed by atoms with Crippen molar-refractivity contribution in [1.82, 2.24) is 19.5 Å². The molecule has 4 aromatic rings. The number of hydrogen-bond acceptors (Lipinski definition) is 5. The molecule has 0 radical (unpaired) electrons. The first-order chi connectivity index (χ1) is 14.2. The second-order valence-corrected chi connectivity index (χ2v) is 7.78. The minimum atomic E-state index is -0.236. The Hall–Kier alpha value is -3.26. The molecule has 6 nitrogen and oxygen atoms in total. The van der Waals surface area contributed by atoms with Gasteiger partial charge in [-0.25, -0.2) is 13.9 Å². The average molecular weight is 407 g/mol. The van der Waals surface area contributed by atoms with Crippen LogP contribution in [0.3, 0.4) is 0 Å². The number of carbonyl (C=O) groups is 1. The first-order valence-electron chi connectivity index (χ1n) is 9.38. The molecule has 0 saturated carbocycles. The second-order valence-electron chi connectivity index (χ2n) is 6.83. The van der Waals surface area contributed by atoms with E-state index in [1.165, 1.54) is 6.07 Å². The molecule has 1 fully saturated rings. The highest BCUT2D eigenvalue weighted by Crippen LogP contribution is 2.26. The summed E-state index contributed by atoms with van der Waals surface area (Å²) in [5.74, 6) is -0.329. The van der Waals surface area contributed by atoms with Gasteiger partial charge in [-0.05, 0) is 29.6 Å². The molecular weight excluding hydrogens is 389 g/mol. The molecule has 0 spiro atoms. The summed E-state index contributed by atoms with van der Waals surface area (Å²) in [6.45, 7) is 2.21. The molecule has 0 aliphatic carbocycles. The van der Waals surface area contributed by atoms with Crippen LogP contribution in [0.5, 0.6) is 0 Å². The summed E-state index contributed by atoms with van der Waals surface area (Å²) >= 11 is 1.62. The molecule has 3 aromatic heterocycles. The molecule has 1 aliphatic heterocycles. The van der Waals surface area contributed by atoms with Crippen molar-refractivity contribution in [1.29, 1.82) is 0 Å². The first-order valence-corrected chi connectivity index (χ1v) is 10.3. The van der Waals surface area contributed by atoms with E-state index >= 15 is 0 Å². The van der Waals surface area contributed by atoms with Gasteiger partial charge in [-0.3, -0.25) is 4.79 Å². The zero-order chi connectivity index (χ0) is 19.8. The van der Waals surface area contributed by atoms with Crippen molar-refractivity contribution in [3.05, 3.63) is 71.6 Å². The van der Waals surface area contributed by atoms with Gasteiger partial charge in [-0.1, -0.05) is 18.2 Å². The van der Waals surface area contributed by atoms with Crippen LogP contribution >= 0.6 is 11.3 Å². The summed E-state index contributed by atoms with van der Waals surface area (Å²) in [6.07, 6.45) is 3.30. The lowest BCUT2D eigenvalue weighted by atomic mass is 10.2. The number of hydrogen-bond donors (Lipinski definition) is 0. The molecular formula is C21H18FN5OS. The average Bonchev–Trinajstić information content (AvgIpc) is 3.44. The number of anilines is 1. The number of rotatable bonds is 3. The SMILES string of the molecule is O=C(c1cnn2c(-c3cccs3)ccnc12)N1CCN(c2ccccc2F)CC1. The Morgan fingerprint density at radius 3 is 2.62 bits per heavy atom. The van der Waals surface area contributed by atoms with E-state index in [2.05, 4.69) is 10.1 Å². The maximum absolute atomic E-state index is 14.0. The number of nitrogens with zero attached hydrogens (tertiary/aromatic N) is 5. The number of aromatic nitrogens is 3. The van der Waals surface area contributed by atoms with Crippen LogP contribution in [0.1, 0.15) is 10.4 Å². The van der Waals surface area contributed by atoms with E-state index in [0.717, 1.165) is 10.6 Å². The number of halogens is 1. The molecule has 146 valence electrons. The van der Waals surface area contributed by atoms with Gasteiger partial charge >= 0.3 is 0 Å². The van der Waals surface area contributed by atoms with Crippen LogP contribution in [-0.2, 0) is 0 Å². The minimum absolute atomic E-state index is 0.0935. The van der Waals surface area contributed by atoms with E-state index in [4.69, 9.17) is 0 Å². The first kappa shape index (κ1) is 17.8. The highest BCUT2D eigenvalue weighted by atomic mass is 32.1. The third-order valence-electron chi connectivity index (χ3n) is 5.17. The molecule has 1 amide bonds. The normalized spacial score (nSPS) is 14.5. The van der Waals surface area contributed by atoms with E-state index in [1.807, 2.05) is 34.5 Å². The number of piperazine rings is 1. The predicted octanol–water partition coefficient (Wildman–Crippen LogP) is 3.56. The van der Waals surface area contributed by atoms with Crippen LogP contribution in [0.4, 0.5) is 10.1 Å². The fourth-order valence-electron chi connectivity index (χ4n) is 3.68. The van der Waals surface area contributed by atoms with Crippen LogP contribution in [0.25, 0.3) is 16.2 Å².